The van der Waals surface area contributed by atoms with Crippen LogP contribution >= 0.6 is 0 Å². The quantitative estimate of drug-likeness (QED) is 0.323. The molecule has 1 aliphatic rings. The predicted octanol–water partition coefficient (Wildman–Crippen LogP) is 5.70. The van der Waals surface area contributed by atoms with E-state index in [-0.39, 0.29) is 22.4 Å². The van der Waals surface area contributed by atoms with E-state index in [2.05, 4.69) is 14.7 Å². The van der Waals surface area contributed by atoms with Crippen molar-refractivity contribution in [2.45, 2.75) is 57.9 Å². The molecule has 4 rings (SSSR count). The summed E-state index contributed by atoms with van der Waals surface area (Å²) in [5.41, 5.74) is 1.26. The van der Waals surface area contributed by atoms with E-state index in [9.17, 15) is 17.6 Å². The highest BCUT2D eigenvalue weighted by molar-refractivity contribution is 7.90. The second-order valence-corrected chi connectivity index (χ2v) is 11.9. The highest BCUT2D eigenvalue weighted by Crippen LogP contribution is 2.30. The third-order valence-electron chi connectivity index (χ3n) is 6.46. The Bertz CT molecular complexity index is 1420. The topological polar surface area (TPSA) is 107 Å². The van der Waals surface area contributed by atoms with Crippen molar-refractivity contribution >= 4 is 15.9 Å². The molecule has 1 saturated carbocycles. The van der Waals surface area contributed by atoms with Crippen LogP contribution in [0.2, 0.25) is 0 Å². The summed E-state index contributed by atoms with van der Waals surface area (Å²) in [6, 6.07) is 11.8. The molecule has 1 N–H and O–H groups in total. The molecule has 0 unspecified atom stereocenters. The molecule has 0 radical (unpaired) electrons. The van der Waals surface area contributed by atoms with E-state index in [0.717, 1.165) is 19.3 Å². The lowest BCUT2D eigenvalue weighted by Gasteiger charge is -2.15. The summed E-state index contributed by atoms with van der Waals surface area (Å²) in [4.78, 5) is 21.7. The van der Waals surface area contributed by atoms with Gasteiger partial charge in [-0.1, -0.05) is 45.6 Å². The Morgan fingerprint density at radius 3 is 2.56 bits per heavy atom. The van der Waals surface area contributed by atoms with Gasteiger partial charge in [0.2, 0.25) is 5.88 Å². The number of aryl methyl sites for hydroxylation is 1. The Morgan fingerprint density at radius 1 is 1.08 bits per heavy atom. The monoisotopic (exact) mass is 555 g/mol. The first-order valence-corrected chi connectivity index (χ1v) is 14.7. The fourth-order valence-corrected chi connectivity index (χ4v) is 5.44. The van der Waals surface area contributed by atoms with Gasteiger partial charge >= 0.3 is 0 Å². The van der Waals surface area contributed by atoms with Gasteiger partial charge in [0, 0.05) is 17.3 Å². The Hall–Kier alpha value is -3.53. The van der Waals surface area contributed by atoms with Gasteiger partial charge in [-0.05, 0) is 61.6 Å². The molecule has 39 heavy (non-hydrogen) atoms. The molecule has 1 aliphatic carbocycles. The zero-order valence-corrected chi connectivity index (χ0v) is 23.3. The second kappa shape index (κ2) is 12.5. The Labute approximate surface area is 229 Å². The zero-order chi connectivity index (χ0) is 28.0. The summed E-state index contributed by atoms with van der Waals surface area (Å²) in [5.74, 6) is -0.239. The molecule has 0 aliphatic heterocycles. The first-order chi connectivity index (χ1) is 18.6. The van der Waals surface area contributed by atoms with E-state index in [1.165, 1.54) is 43.2 Å². The normalized spacial score (nSPS) is 14.0. The Balaban J connectivity index is 1.62. The third-order valence-corrected chi connectivity index (χ3v) is 7.69. The number of carbonyl (C=O) groups excluding carboxylic acids is 1. The highest BCUT2D eigenvalue weighted by Gasteiger charge is 2.24. The second-order valence-electron chi connectivity index (χ2n) is 10.3. The fraction of sp³-hybridized carbons (Fsp3) is 0.414. The minimum atomic E-state index is -4.23. The highest BCUT2D eigenvalue weighted by atomic mass is 32.2. The van der Waals surface area contributed by atoms with Gasteiger partial charge in [0.25, 0.3) is 15.9 Å². The predicted molar refractivity (Wildman–Crippen MR) is 146 cm³/mol. The van der Waals surface area contributed by atoms with E-state index < -0.39 is 21.7 Å². The number of benzene rings is 1. The lowest BCUT2D eigenvalue weighted by atomic mass is 10.1. The largest absolute Gasteiger partial charge is 0.493 e. The van der Waals surface area contributed by atoms with Gasteiger partial charge < -0.3 is 9.47 Å². The average Bonchev–Trinajstić information content (AvgIpc) is 3.40. The van der Waals surface area contributed by atoms with Gasteiger partial charge in [-0.15, -0.1) is 0 Å². The van der Waals surface area contributed by atoms with Crippen molar-refractivity contribution in [1.29, 1.82) is 0 Å². The lowest BCUT2D eigenvalue weighted by Crippen LogP contribution is -2.31. The zero-order valence-electron chi connectivity index (χ0n) is 22.4. The number of rotatable bonds is 11. The lowest BCUT2D eigenvalue weighted by molar-refractivity contribution is 0.0976. The molecular weight excluding hydrogens is 521 g/mol. The van der Waals surface area contributed by atoms with Crippen molar-refractivity contribution in [3.63, 3.8) is 0 Å². The van der Waals surface area contributed by atoms with E-state index in [4.69, 9.17) is 9.47 Å². The number of nitrogens with zero attached hydrogens (tertiary/aromatic N) is 2. The number of ether oxygens (including phenoxy) is 2. The van der Waals surface area contributed by atoms with Crippen molar-refractivity contribution in [2.75, 3.05) is 13.2 Å². The molecule has 208 valence electrons. The van der Waals surface area contributed by atoms with Crippen LogP contribution in [-0.4, -0.2) is 37.5 Å². The molecule has 0 atom stereocenters. The van der Waals surface area contributed by atoms with Crippen LogP contribution in [0.1, 0.15) is 62.0 Å². The van der Waals surface area contributed by atoms with Gasteiger partial charge in [0.1, 0.15) is 17.1 Å². The van der Waals surface area contributed by atoms with Crippen LogP contribution in [0.25, 0.3) is 11.3 Å². The number of pyridine rings is 2. The van der Waals surface area contributed by atoms with Gasteiger partial charge in [0.05, 0.1) is 18.9 Å². The third kappa shape index (κ3) is 7.75. The van der Waals surface area contributed by atoms with Crippen LogP contribution in [0.3, 0.4) is 0 Å². The van der Waals surface area contributed by atoms with Crippen LogP contribution < -0.4 is 14.2 Å². The number of nitrogens with one attached hydrogen (secondary N) is 1. The van der Waals surface area contributed by atoms with Crippen LogP contribution in [0, 0.1) is 24.6 Å². The summed E-state index contributed by atoms with van der Waals surface area (Å²) in [6.45, 7) is 6.39. The number of sulfonamides is 1. The van der Waals surface area contributed by atoms with E-state index in [0.29, 0.717) is 41.8 Å². The van der Waals surface area contributed by atoms with Gasteiger partial charge in [0.15, 0.2) is 5.03 Å². The summed E-state index contributed by atoms with van der Waals surface area (Å²) in [6.07, 6.45) is 5.45. The molecule has 10 heteroatoms. The number of hydrogen-bond acceptors (Lipinski definition) is 7. The molecule has 1 aromatic carbocycles. The van der Waals surface area contributed by atoms with Crippen LogP contribution in [0.15, 0.2) is 53.6 Å². The van der Waals surface area contributed by atoms with Crippen molar-refractivity contribution in [2.24, 2.45) is 11.8 Å². The number of aromatic nitrogens is 2. The van der Waals surface area contributed by atoms with Gasteiger partial charge in [-0.3, -0.25) is 4.79 Å². The van der Waals surface area contributed by atoms with Crippen LogP contribution in [-0.2, 0) is 10.0 Å². The molecule has 1 amide bonds. The molecule has 0 spiro atoms. The summed E-state index contributed by atoms with van der Waals surface area (Å²) in [7, 11) is -4.23. The molecule has 0 bridgehead atoms. The standard InChI is InChI=1S/C29H34FN3O5S/c1-19(2)18-38-24-16-22(15-23(30)17-24)26-12-11-25(29(32-26)37-14-13-21-8-4-5-9-21)28(34)33-39(35,36)27-10-6-7-20(3)31-27/h6-7,10-12,15-17,19,21H,4-5,8-9,13-14,18H2,1-3H3,(H,33,34). The Morgan fingerprint density at radius 2 is 1.85 bits per heavy atom. The first kappa shape index (κ1) is 28.5. The minimum Gasteiger partial charge on any atom is -0.493 e. The average molecular weight is 556 g/mol. The van der Waals surface area contributed by atoms with Crippen LogP contribution in [0.4, 0.5) is 4.39 Å². The Kier molecular flexibility index (Phi) is 9.16. The maximum absolute atomic E-state index is 14.4. The fourth-order valence-electron chi connectivity index (χ4n) is 4.46. The summed E-state index contributed by atoms with van der Waals surface area (Å²) >= 11 is 0. The molecule has 3 aromatic rings. The molecule has 0 saturated heterocycles. The van der Waals surface area contributed by atoms with Crippen molar-refractivity contribution in [3.05, 3.63) is 65.6 Å². The smallest absolute Gasteiger partial charge is 0.281 e. The maximum Gasteiger partial charge on any atom is 0.281 e. The first-order valence-electron chi connectivity index (χ1n) is 13.2. The molecule has 1 fully saturated rings. The van der Waals surface area contributed by atoms with E-state index in [1.54, 1.807) is 25.1 Å². The molecular formula is C29H34FN3O5S. The van der Waals surface area contributed by atoms with Crippen molar-refractivity contribution in [3.8, 4) is 22.9 Å². The number of amides is 1. The van der Waals surface area contributed by atoms with E-state index in [1.807, 2.05) is 13.8 Å². The van der Waals surface area contributed by atoms with E-state index >= 15 is 0 Å². The molecule has 8 nitrogen and oxygen atoms in total. The van der Waals surface area contributed by atoms with Crippen LogP contribution in [0.5, 0.6) is 11.6 Å². The number of hydrogen-bond donors (Lipinski definition) is 1. The van der Waals surface area contributed by atoms with Crippen molar-refractivity contribution < 1.29 is 27.1 Å². The summed E-state index contributed by atoms with van der Waals surface area (Å²) in [5, 5.41) is -0.266. The molecule has 2 heterocycles. The molecule has 2 aromatic heterocycles. The maximum atomic E-state index is 14.4. The van der Waals surface area contributed by atoms with Crippen molar-refractivity contribution in [1.82, 2.24) is 14.7 Å². The number of halogens is 1. The minimum absolute atomic E-state index is 0.0238. The summed E-state index contributed by atoms with van der Waals surface area (Å²) < 4.78 is 53.8. The number of carbonyl (C=O) groups is 1. The van der Waals surface area contributed by atoms with Gasteiger partial charge in [-0.25, -0.2) is 19.1 Å². The van der Waals surface area contributed by atoms with Gasteiger partial charge in [-0.2, -0.15) is 8.42 Å². The SMILES string of the molecule is Cc1cccc(S(=O)(=O)NC(=O)c2ccc(-c3cc(F)cc(OCC(C)C)c3)nc2OCCC2CCCC2)n1.